The van der Waals surface area contributed by atoms with E-state index in [-0.39, 0.29) is 0 Å². The molecule has 1 aliphatic carbocycles. The first kappa shape index (κ1) is 13.0. The maximum Gasteiger partial charge on any atom is 0.122 e. The van der Waals surface area contributed by atoms with Gasteiger partial charge in [-0.15, -0.1) is 0 Å². The van der Waals surface area contributed by atoms with Crippen LogP contribution in [-0.2, 0) is 12.8 Å². The highest BCUT2D eigenvalue weighted by Crippen LogP contribution is 2.32. The molecule has 0 saturated heterocycles. The molecule has 1 fully saturated rings. The largest absolute Gasteiger partial charge is 0.493 e. The number of fused-ring (bicyclic) bond motifs is 1. The van der Waals surface area contributed by atoms with Crippen molar-refractivity contribution in [2.24, 2.45) is 5.92 Å². The van der Waals surface area contributed by atoms with E-state index in [9.17, 15) is 0 Å². The molecule has 1 N–H and O–H groups in total. The normalized spacial score (nSPS) is 19.6. The van der Waals surface area contributed by atoms with E-state index in [1.54, 1.807) is 0 Å². The number of hydrogen-bond acceptors (Lipinski definition) is 2. The van der Waals surface area contributed by atoms with Gasteiger partial charge in [-0.05, 0) is 55.3 Å². The molecule has 0 spiro atoms. The quantitative estimate of drug-likeness (QED) is 0.846. The number of nitrogens with one attached hydrogen (secondary N) is 1. The monoisotopic (exact) mass is 259 g/mol. The number of aryl methyl sites for hydroxylation is 1. The minimum absolute atomic E-state index is 0.725. The average molecular weight is 259 g/mol. The zero-order chi connectivity index (χ0) is 13.1. The van der Waals surface area contributed by atoms with Crippen molar-refractivity contribution >= 4 is 0 Å². The van der Waals surface area contributed by atoms with Gasteiger partial charge >= 0.3 is 0 Å². The molecule has 1 heterocycles. The van der Waals surface area contributed by atoms with Gasteiger partial charge in [0.15, 0.2) is 0 Å². The molecule has 1 unspecified atom stereocenters. The van der Waals surface area contributed by atoms with E-state index in [2.05, 4.69) is 30.4 Å². The molecule has 2 nitrogen and oxygen atoms in total. The summed E-state index contributed by atoms with van der Waals surface area (Å²) in [6.45, 7) is 4.18. The number of hydrogen-bond donors (Lipinski definition) is 1. The summed E-state index contributed by atoms with van der Waals surface area (Å²) >= 11 is 0. The average Bonchev–Trinajstić information content (AvgIpc) is 2.81. The summed E-state index contributed by atoms with van der Waals surface area (Å²) in [5.74, 6) is 2.03. The molecular weight excluding hydrogens is 234 g/mol. The van der Waals surface area contributed by atoms with E-state index < -0.39 is 0 Å². The van der Waals surface area contributed by atoms with Crippen molar-refractivity contribution in [3.63, 3.8) is 0 Å². The van der Waals surface area contributed by atoms with Crippen LogP contribution in [0.4, 0.5) is 0 Å². The van der Waals surface area contributed by atoms with Crippen LogP contribution in [0.2, 0.25) is 0 Å². The molecule has 1 aromatic carbocycles. The summed E-state index contributed by atoms with van der Waals surface area (Å²) in [7, 11) is 0. The van der Waals surface area contributed by atoms with Crippen LogP contribution in [0.5, 0.6) is 5.75 Å². The van der Waals surface area contributed by atoms with Crippen molar-refractivity contribution < 1.29 is 4.74 Å². The van der Waals surface area contributed by atoms with Gasteiger partial charge in [0.05, 0.1) is 6.61 Å². The maximum absolute atomic E-state index is 5.57. The fourth-order valence-electron chi connectivity index (χ4n) is 3.33. The predicted octanol–water partition coefficient (Wildman–Crippen LogP) is 3.33. The van der Waals surface area contributed by atoms with E-state index in [4.69, 9.17) is 4.74 Å². The first-order valence-corrected chi connectivity index (χ1v) is 7.85. The van der Waals surface area contributed by atoms with Gasteiger partial charge in [0.1, 0.15) is 5.75 Å². The second-order valence-electron chi connectivity index (χ2n) is 5.93. The van der Waals surface area contributed by atoms with Crippen molar-refractivity contribution in [1.82, 2.24) is 5.32 Å². The first-order valence-electron chi connectivity index (χ1n) is 7.85. The molecule has 0 radical (unpaired) electrons. The van der Waals surface area contributed by atoms with Gasteiger partial charge in [-0.25, -0.2) is 0 Å². The summed E-state index contributed by atoms with van der Waals surface area (Å²) in [6, 6.07) is 7.48. The van der Waals surface area contributed by atoms with Crippen LogP contribution in [0.1, 0.15) is 43.7 Å². The first-order chi connectivity index (χ1) is 9.36. The molecule has 0 aromatic heterocycles. The summed E-state index contributed by atoms with van der Waals surface area (Å²) < 4.78 is 5.57. The lowest BCUT2D eigenvalue weighted by atomic mass is 9.78. The van der Waals surface area contributed by atoms with Gasteiger partial charge < -0.3 is 10.1 Å². The highest BCUT2D eigenvalue weighted by Gasteiger charge is 2.26. The summed E-state index contributed by atoms with van der Waals surface area (Å²) in [6.07, 6.45) is 7.84. The highest BCUT2D eigenvalue weighted by molar-refractivity contribution is 5.39. The van der Waals surface area contributed by atoms with E-state index in [0.717, 1.165) is 37.3 Å². The van der Waals surface area contributed by atoms with Gasteiger partial charge in [-0.2, -0.15) is 0 Å². The standard InChI is InChI=1S/C17H25NO/c1-2-18-16(14-4-3-5-14)8-6-13-7-9-17-15(12-13)10-11-19-17/h7,9,12,14,16,18H,2-6,8,10-11H2,1H3. The predicted molar refractivity (Wildman–Crippen MR) is 78.8 cm³/mol. The van der Waals surface area contributed by atoms with Crippen LogP contribution in [0.3, 0.4) is 0 Å². The molecule has 2 heteroatoms. The zero-order valence-corrected chi connectivity index (χ0v) is 12.0. The minimum atomic E-state index is 0.725. The van der Waals surface area contributed by atoms with Crippen LogP contribution < -0.4 is 10.1 Å². The Bertz CT molecular complexity index is 425. The van der Waals surface area contributed by atoms with Crippen LogP contribution >= 0.6 is 0 Å². The molecular formula is C17H25NO. The molecule has 1 saturated carbocycles. The van der Waals surface area contributed by atoms with Crippen molar-refractivity contribution in [3.05, 3.63) is 29.3 Å². The Hall–Kier alpha value is -1.02. The Morgan fingerprint density at radius 1 is 1.37 bits per heavy atom. The minimum Gasteiger partial charge on any atom is -0.493 e. The van der Waals surface area contributed by atoms with Gasteiger partial charge in [-0.1, -0.05) is 25.5 Å². The summed E-state index contributed by atoms with van der Waals surface area (Å²) in [5, 5.41) is 3.68. The van der Waals surface area contributed by atoms with Crippen molar-refractivity contribution in [2.75, 3.05) is 13.2 Å². The molecule has 19 heavy (non-hydrogen) atoms. The second-order valence-corrected chi connectivity index (χ2v) is 5.93. The lowest BCUT2D eigenvalue weighted by Crippen LogP contribution is -2.39. The van der Waals surface area contributed by atoms with Crippen molar-refractivity contribution in [3.8, 4) is 5.75 Å². The van der Waals surface area contributed by atoms with Gasteiger partial charge in [0, 0.05) is 12.5 Å². The van der Waals surface area contributed by atoms with Gasteiger partial charge in [0.25, 0.3) is 0 Å². The molecule has 1 aliphatic heterocycles. The third-order valence-corrected chi connectivity index (χ3v) is 4.68. The molecule has 1 aromatic rings. The molecule has 0 amide bonds. The molecule has 104 valence electrons. The Labute approximate surface area is 116 Å². The fraction of sp³-hybridized carbons (Fsp3) is 0.647. The third-order valence-electron chi connectivity index (χ3n) is 4.68. The SMILES string of the molecule is CCNC(CCc1ccc2c(c1)CCO2)C1CCC1. The summed E-state index contributed by atoms with van der Waals surface area (Å²) in [4.78, 5) is 0. The van der Waals surface area contributed by atoms with Crippen LogP contribution in [0.25, 0.3) is 0 Å². The van der Waals surface area contributed by atoms with E-state index in [1.807, 2.05) is 0 Å². The Kier molecular flexibility index (Phi) is 4.07. The molecule has 3 rings (SSSR count). The Balaban J connectivity index is 1.58. The fourth-order valence-corrected chi connectivity index (χ4v) is 3.33. The van der Waals surface area contributed by atoms with Gasteiger partial charge in [-0.3, -0.25) is 0 Å². The van der Waals surface area contributed by atoms with Crippen molar-refractivity contribution in [1.29, 1.82) is 0 Å². The second kappa shape index (κ2) is 5.96. The number of benzene rings is 1. The van der Waals surface area contributed by atoms with Crippen LogP contribution in [-0.4, -0.2) is 19.2 Å². The van der Waals surface area contributed by atoms with E-state index in [1.165, 1.54) is 43.2 Å². The van der Waals surface area contributed by atoms with E-state index in [0.29, 0.717) is 0 Å². The number of rotatable bonds is 6. The highest BCUT2D eigenvalue weighted by atomic mass is 16.5. The molecule has 1 atom stereocenters. The van der Waals surface area contributed by atoms with E-state index >= 15 is 0 Å². The lowest BCUT2D eigenvalue weighted by molar-refractivity contribution is 0.222. The third kappa shape index (κ3) is 2.94. The lowest BCUT2D eigenvalue weighted by Gasteiger charge is -2.34. The maximum atomic E-state index is 5.57. The number of ether oxygens (including phenoxy) is 1. The topological polar surface area (TPSA) is 21.3 Å². The summed E-state index contributed by atoms with van der Waals surface area (Å²) in [5.41, 5.74) is 2.88. The van der Waals surface area contributed by atoms with Crippen LogP contribution in [0, 0.1) is 5.92 Å². The van der Waals surface area contributed by atoms with Gasteiger partial charge in [0.2, 0.25) is 0 Å². The van der Waals surface area contributed by atoms with Crippen molar-refractivity contribution in [2.45, 2.75) is 51.5 Å². The Morgan fingerprint density at radius 2 is 2.26 bits per heavy atom. The van der Waals surface area contributed by atoms with Crippen LogP contribution in [0.15, 0.2) is 18.2 Å². The molecule has 2 aliphatic rings. The Morgan fingerprint density at radius 3 is 3.00 bits per heavy atom. The zero-order valence-electron chi connectivity index (χ0n) is 12.0. The smallest absolute Gasteiger partial charge is 0.122 e. The molecule has 0 bridgehead atoms.